The molecule has 1 saturated carbocycles. The molecular weight excluding hydrogens is 248 g/mol. The molecule has 0 amide bonds. The maximum Gasteiger partial charge on any atom is 0.0594 e. The van der Waals surface area contributed by atoms with Crippen LogP contribution in [0.4, 0.5) is 0 Å². The van der Waals surface area contributed by atoms with E-state index in [4.69, 9.17) is 4.74 Å². The fourth-order valence-corrected chi connectivity index (χ4v) is 3.23. The highest BCUT2D eigenvalue weighted by Crippen LogP contribution is 2.36. The Bertz CT molecular complexity index is 423. The van der Waals surface area contributed by atoms with Gasteiger partial charge in [-0.3, -0.25) is 4.90 Å². The van der Waals surface area contributed by atoms with E-state index in [1.165, 1.54) is 24.0 Å². The molecular formula is C17H26N2O. The van der Waals surface area contributed by atoms with Crippen molar-refractivity contribution in [3.63, 3.8) is 0 Å². The molecule has 0 bridgehead atoms. The third-order valence-electron chi connectivity index (χ3n) is 4.62. The van der Waals surface area contributed by atoms with E-state index in [-0.39, 0.29) is 0 Å². The van der Waals surface area contributed by atoms with Crippen LogP contribution in [0.2, 0.25) is 0 Å². The lowest BCUT2D eigenvalue weighted by Crippen LogP contribution is -2.45. The van der Waals surface area contributed by atoms with E-state index >= 15 is 0 Å². The van der Waals surface area contributed by atoms with E-state index in [1.807, 2.05) is 0 Å². The minimum atomic E-state index is 0.724. The summed E-state index contributed by atoms with van der Waals surface area (Å²) in [5, 5.41) is 3.70. The van der Waals surface area contributed by atoms with Crippen molar-refractivity contribution in [3.8, 4) is 0 Å². The van der Waals surface area contributed by atoms with Crippen LogP contribution in [0, 0.1) is 6.92 Å². The van der Waals surface area contributed by atoms with Crippen LogP contribution in [0.15, 0.2) is 24.3 Å². The number of benzene rings is 1. The maximum atomic E-state index is 5.37. The average molecular weight is 274 g/mol. The van der Waals surface area contributed by atoms with Crippen molar-refractivity contribution in [3.05, 3.63) is 35.4 Å². The van der Waals surface area contributed by atoms with Crippen molar-refractivity contribution >= 4 is 0 Å². The van der Waals surface area contributed by atoms with Crippen LogP contribution in [0.1, 0.15) is 29.9 Å². The first-order valence-electron chi connectivity index (χ1n) is 7.91. The zero-order chi connectivity index (χ0) is 13.8. The number of rotatable bonds is 5. The zero-order valence-electron chi connectivity index (χ0n) is 12.5. The number of morpholine rings is 1. The summed E-state index contributed by atoms with van der Waals surface area (Å²) in [5.41, 5.74) is 2.91. The minimum absolute atomic E-state index is 0.724. The highest BCUT2D eigenvalue weighted by Gasteiger charge is 2.29. The van der Waals surface area contributed by atoms with Gasteiger partial charge in [0, 0.05) is 32.2 Å². The summed E-state index contributed by atoms with van der Waals surface area (Å²) in [7, 11) is 0. The molecule has 0 spiro atoms. The van der Waals surface area contributed by atoms with E-state index in [0.717, 1.165) is 51.4 Å². The molecule has 20 heavy (non-hydrogen) atoms. The van der Waals surface area contributed by atoms with Gasteiger partial charge in [0.05, 0.1) is 13.2 Å². The Balaban J connectivity index is 1.34. The van der Waals surface area contributed by atoms with Crippen molar-refractivity contribution in [1.82, 2.24) is 10.2 Å². The van der Waals surface area contributed by atoms with Crippen LogP contribution in [0.25, 0.3) is 0 Å². The second-order valence-electron chi connectivity index (χ2n) is 6.19. The first-order valence-corrected chi connectivity index (χ1v) is 7.91. The van der Waals surface area contributed by atoms with E-state index in [1.54, 1.807) is 0 Å². The van der Waals surface area contributed by atoms with Gasteiger partial charge in [-0.15, -0.1) is 0 Å². The Kier molecular flexibility index (Phi) is 4.71. The standard InChI is InChI=1S/C17H26N2O/c1-14-3-2-4-15(11-14)16-12-17(13-16)18-5-6-19-7-9-20-10-8-19/h2-4,11,16-18H,5-10,12-13H2,1H3. The Morgan fingerprint density at radius 2 is 2.05 bits per heavy atom. The molecule has 1 aromatic rings. The molecule has 0 atom stereocenters. The highest BCUT2D eigenvalue weighted by atomic mass is 16.5. The summed E-state index contributed by atoms with van der Waals surface area (Å²) in [6, 6.07) is 9.71. The van der Waals surface area contributed by atoms with Gasteiger partial charge in [0.1, 0.15) is 0 Å². The minimum Gasteiger partial charge on any atom is -0.379 e. The van der Waals surface area contributed by atoms with Crippen LogP contribution in [0.3, 0.4) is 0 Å². The second kappa shape index (κ2) is 6.70. The fraction of sp³-hybridized carbons (Fsp3) is 0.647. The normalized spacial score (nSPS) is 27.2. The van der Waals surface area contributed by atoms with Gasteiger partial charge >= 0.3 is 0 Å². The predicted molar refractivity (Wildman–Crippen MR) is 82.2 cm³/mol. The van der Waals surface area contributed by atoms with Crippen LogP contribution in [-0.4, -0.2) is 50.3 Å². The van der Waals surface area contributed by atoms with E-state index in [2.05, 4.69) is 41.4 Å². The van der Waals surface area contributed by atoms with Crippen LogP contribution >= 0.6 is 0 Å². The van der Waals surface area contributed by atoms with Crippen LogP contribution < -0.4 is 5.32 Å². The van der Waals surface area contributed by atoms with Crippen LogP contribution in [-0.2, 0) is 4.74 Å². The number of hydrogen-bond donors (Lipinski definition) is 1. The number of nitrogens with zero attached hydrogens (tertiary/aromatic N) is 1. The van der Waals surface area contributed by atoms with Crippen molar-refractivity contribution in [2.24, 2.45) is 0 Å². The highest BCUT2D eigenvalue weighted by molar-refractivity contribution is 5.27. The molecule has 2 aliphatic rings. The zero-order valence-corrected chi connectivity index (χ0v) is 12.5. The van der Waals surface area contributed by atoms with E-state index < -0.39 is 0 Å². The molecule has 0 radical (unpaired) electrons. The largest absolute Gasteiger partial charge is 0.379 e. The molecule has 1 aromatic carbocycles. The third kappa shape index (κ3) is 3.60. The van der Waals surface area contributed by atoms with Gasteiger partial charge in [0.15, 0.2) is 0 Å². The Hall–Kier alpha value is -0.900. The van der Waals surface area contributed by atoms with Gasteiger partial charge in [-0.05, 0) is 31.2 Å². The summed E-state index contributed by atoms with van der Waals surface area (Å²) >= 11 is 0. The summed E-state index contributed by atoms with van der Waals surface area (Å²) in [4.78, 5) is 2.49. The number of nitrogens with one attached hydrogen (secondary N) is 1. The Labute approximate surface area is 122 Å². The maximum absolute atomic E-state index is 5.37. The van der Waals surface area contributed by atoms with Crippen molar-refractivity contribution in [1.29, 1.82) is 0 Å². The van der Waals surface area contributed by atoms with Gasteiger partial charge < -0.3 is 10.1 Å². The molecule has 3 rings (SSSR count). The molecule has 1 aliphatic carbocycles. The molecule has 1 aliphatic heterocycles. The van der Waals surface area contributed by atoms with Crippen molar-refractivity contribution in [2.45, 2.75) is 31.7 Å². The van der Waals surface area contributed by atoms with E-state index in [9.17, 15) is 0 Å². The van der Waals surface area contributed by atoms with E-state index in [0.29, 0.717) is 0 Å². The molecule has 1 saturated heterocycles. The summed E-state index contributed by atoms with van der Waals surface area (Å²) in [6.45, 7) is 8.45. The molecule has 2 fully saturated rings. The lowest BCUT2D eigenvalue weighted by molar-refractivity contribution is 0.0376. The first kappa shape index (κ1) is 14.1. The summed E-state index contributed by atoms with van der Waals surface area (Å²) in [5.74, 6) is 0.774. The first-order chi connectivity index (χ1) is 9.81. The molecule has 110 valence electrons. The van der Waals surface area contributed by atoms with Crippen molar-refractivity contribution < 1.29 is 4.74 Å². The average Bonchev–Trinajstić information content (AvgIpc) is 2.42. The Morgan fingerprint density at radius 1 is 1.25 bits per heavy atom. The molecule has 1 heterocycles. The summed E-state index contributed by atoms with van der Waals surface area (Å²) in [6.07, 6.45) is 2.60. The van der Waals surface area contributed by atoms with Gasteiger partial charge in [0.2, 0.25) is 0 Å². The topological polar surface area (TPSA) is 24.5 Å². The molecule has 0 unspecified atom stereocenters. The quantitative estimate of drug-likeness (QED) is 0.890. The second-order valence-corrected chi connectivity index (χ2v) is 6.19. The number of hydrogen-bond acceptors (Lipinski definition) is 3. The van der Waals surface area contributed by atoms with Gasteiger partial charge in [-0.2, -0.15) is 0 Å². The van der Waals surface area contributed by atoms with Crippen LogP contribution in [0.5, 0.6) is 0 Å². The lowest BCUT2D eigenvalue weighted by atomic mass is 9.75. The van der Waals surface area contributed by atoms with Gasteiger partial charge in [-0.25, -0.2) is 0 Å². The van der Waals surface area contributed by atoms with Gasteiger partial charge in [0.25, 0.3) is 0 Å². The molecule has 1 N–H and O–H groups in total. The lowest BCUT2D eigenvalue weighted by Gasteiger charge is -2.37. The smallest absolute Gasteiger partial charge is 0.0594 e. The number of ether oxygens (including phenoxy) is 1. The predicted octanol–water partition coefficient (Wildman–Crippen LogP) is 2.16. The fourth-order valence-electron chi connectivity index (χ4n) is 3.23. The van der Waals surface area contributed by atoms with Gasteiger partial charge in [-0.1, -0.05) is 29.8 Å². The SMILES string of the molecule is Cc1cccc(C2CC(NCCN3CCOCC3)C2)c1. The molecule has 3 heteroatoms. The monoisotopic (exact) mass is 274 g/mol. The van der Waals surface area contributed by atoms with Crippen molar-refractivity contribution in [2.75, 3.05) is 39.4 Å². The third-order valence-corrected chi connectivity index (χ3v) is 4.62. The summed E-state index contributed by atoms with van der Waals surface area (Å²) < 4.78 is 5.37. The molecule has 3 nitrogen and oxygen atoms in total. The molecule has 0 aromatic heterocycles. The Morgan fingerprint density at radius 3 is 2.80 bits per heavy atom. The number of aryl methyl sites for hydroxylation is 1.